The maximum Gasteiger partial charge on any atom is 0.230 e. The maximum atomic E-state index is 11.5. The average molecular weight is 234 g/mol. The molecule has 0 saturated carbocycles. The number of nitrogens with one attached hydrogen (secondary N) is 1. The summed E-state index contributed by atoms with van der Waals surface area (Å²) in [5.74, 6) is -0.496. The van der Waals surface area contributed by atoms with Gasteiger partial charge in [0.1, 0.15) is 0 Å². The molecule has 3 nitrogen and oxygen atoms in total. The Labute approximate surface area is 91.7 Å². The van der Waals surface area contributed by atoms with Crippen LogP contribution in [0.1, 0.15) is 13.3 Å². The van der Waals surface area contributed by atoms with Crippen molar-refractivity contribution in [2.24, 2.45) is 5.92 Å². The third kappa shape index (κ3) is 2.97. The summed E-state index contributed by atoms with van der Waals surface area (Å²) < 4.78 is 0.636. The second-order valence-electron chi connectivity index (χ2n) is 2.88. The molecule has 0 spiro atoms. The van der Waals surface area contributed by atoms with Crippen molar-refractivity contribution in [3.05, 3.63) is 16.5 Å². The molecule has 1 heterocycles. The number of hydrogen-bond acceptors (Lipinski definition) is 3. The number of carbonyl (C=O) groups is 1. The van der Waals surface area contributed by atoms with Gasteiger partial charge < -0.3 is 10.4 Å². The molecule has 1 amide bonds. The first-order chi connectivity index (χ1) is 6.67. The molecule has 0 aromatic carbocycles. The zero-order valence-electron chi connectivity index (χ0n) is 7.79. The smallest absolute Gasteiger partial charge is 0.230 e. The lowest BCUT2D eigenvalue weighted by atomic mass is 10.1. The SMILES string of the molecule is CCC(CO)C(=O)Nc1ccc(Cl)s1. The summed E-state index contributed by atoms with van der Waals surface area (Å²) in [4.78, 5) is 11.5. The number of carbonyl (C=O) groups excluding carboxylic acids is 1. The molecule has 1 unspecified atom stereocenters. The van der Waals surface area contributed by atoms with Gasteiger partial charge in [0.15, 0.2) is 0 Å². The van der Waals surface area contributed by atoms with Gasteiger partial charge in [-0.3, -0.25) is 4.79 Å². The van der Waals surface area contributed by atoms with Gasteiger partial charge in [-0.25, -0.2) is 0 Å². The fourth-order valence-electron chi connectivity index (χ4n) is 1.00. The fraction of sp³-hybridized carbons (Fsp3) is 0.444. The van der Waals surface area contributed by atoms with Crippen LogP contribution in [0.5, 0.6) is 0 Å². The quantitative estimate of drug-likeness (QED) is 0.839. The molecule has 0 aliphatic carbocycles. The van der Waals surface area contributed by atoms with Crippen LogP contribution in [0, 0.1) is 5.92 Å². The first-order valence-corrected chi connectivity index (χ1v) is 5.54. The minimum Gasteiger partial charge on any atom is -0.396 e. The van der Waals surface area contributed by atoms with E-state index >= 15 is 0 Å². The molecule has 0 bridgehead atoms. The van der Waals surface area contributed by atoms with Crippen LogP contribution < -0.4 is 5.32 Å². The molecule has 1 aromatic heterocycles. The van der Waals surface area contributed by atoms with Gasteiger partial charge in [-0.05, 0) is 18.6 Å². The van der Waals surface area contributed by atoms with Crippen molar-refractivity contribution >= 4 is 33.8 Å². The van der Waals surface area contributed by atoms with Crippen LogP contribution in [-0.2, 0) is 4.79 Å². The third-order valence-corrected chi connectivity index (χ3v) is 3.05. The molecule has 1 rings (SSSR count). The number of hydrogen-bond donors (Lipinski definition) is 2. The van der Waals surface area contributed by atoms with E-state index in [2.05, 4.69) is 5.32 Å². The summed E-state index contributed by atoms with van der Waals surface area (Å²) in [6.45, 7) is 1.74. The molecule has 5 heteroatoms. The second kappa shape index (κ2) is 5.34. The van der Waals surface area contributed by atoms with E-state index in [1.165, 1.54) is 11.3 Å². The van der Waals surface area contributed by atoms with Crippen LogP contribution >= 0.6 is 22.9 Å². The van der Waals surface area contributed by atoms with Crippen molar-refractivity contribution in [2.45, 2.75) is 13.3 Å². The third-order valence-electron chi connectivity index (χ3n) is 1.90. The Morgan fingerprint density at radius 1 is 1.71 bits per heavy atom. The Morgan fingerprint density at radius 2 is 2.43 bits per heavy atom. The lowest BCUT2D eigenvalue weighted by molar-refractivity contribution is -0.121. The van der Waals surface area contributed by atoms with Crippen LogP contribution in [0.15, 0.2) is 12.1 Å². The van der Waals surface area contributed by atoms with Gasteiger partial charge in [-0.15, -0.1) is 11.3 Å². The van der Waals surface area contributed by atoms with E-state index in [0.717, 1.165) is 0 Å². The first kappa shape index (κ1) is 11.5. The molecule has 0 aliphatic heterocycles. The van der Waals surface area contributed by atoms with Gasteiger partial charge in [0.2, 0.25) is 5.91 Å². The van der Waals surface area contributed by atoms with Crippen molar-refractivity contribution in [2.75, 3.05) is 11.9 Å². The van der Waals surface area contributed by atoms with Crippen molar-refractivity contribution in [1.29, 1.82) is 0 Å². The number of thiophene rings is 1. The fourth-order valence-corrected chi connectivity index (χ4v) is 1.95. The number of aliphatic hydroxyl groups is 1. The van der Waals surface area contributed by atoms with Crippen LogP contribution in [0.2, 0.25) is 4.34 Å². The zero-order valence-corrected chi connectivity index (χ0v) is 9.36. The van der Waals surface area contributed by atoms with Gasteiger partial charge in [0.05, 0.1) is 21.9 Å². The molecule has 0 fully saturated rings. The summed E-state index contributed by atoms with van der Waals surface area (Å²) in [5, 5.41) is 12.3. The van der Waals surface area contributed by atoms with E-state index in [-0.39, 0.29) is 18.4 Å². The highest BCUT2D eigenvalue weighted by Crippen LogP contribution is 2.26. The van der Waals surface area contributed by atoms with Gasteiger partial charge in [0.25, 0.3) is 0 Å². The van der Waals surface area contributed by atoms with E-state index in [4.69, 9.17) is 16.7 Å². The molecule has 14 heavy (non-hydrogen) atoms. The minimum absolute atomic E-state index is 0.124. The Kier molecular flexibility index (Phi) is 4.38. The van der Waals surface area contributed by atoms with E-state index in [0.29, 0.717) is 15.8 Å². The van der Waals surface area contributed by atoms with Gasteiger partial charge in [-0.1, -0.05) is 18.5 Å². The molecular formula is C9H12ClNO2S. The normalized spacial score (nSPS) is 12.5. The van der Waals surface area contributed by atoms with E-state index in [1.807, 2.05) is 6.92 Å². The number of amides is 1. The van der Waals surface area contributed by atoms with Crippen LogP contribution in [0.3, 0.4) is 0 Å². The van der Waals surface area contributed by atoms with E-state index in [9.17, 15) is 4.79 Å². The molecule has 2 N–H and O–H groups in total. The zero-order chi connectivity index (χ0) is 10.6. The van der Waals surface area contributed by atoms with Crippen molar-refractivity contribution in [3.8, 4) is 0 Å². The van der Waals surface area contributed by atoms with Crippen molar-refractivity contribution < 1.29 is 9.90 Å². The number of anilines is 1. The predicted molar refractivity (Wildman–Crippen MR) is 58.8 cm³/mol. The van der Waals surface area contributed by atoms with Crippen LogP contribution in [-0.4, -0.2) is 17.6 Å². The molecular weight excluding hydrogens is 222 g/mol. The number of aliphatic hydroxyl groups excluding tert-OH is 1. The molecule has 0 aliphatic rings. The van der Waals surface area contributed by atoms with Crippen molar-refractivity contribution in [1.82, 2.24) is 0 Å². The van der Waals surface area contributed by atoms with Gasteiger partial charge >= 0.3 is 0 Å². The monoisotopic (exact) mass is 233 g/mol. The maximum absolute atomic E-state index is 11.5. The molecule has 0 radical (unpaired) electrons. The first-order valence-electron chi connectivity index (χ1n) is 4.34. The summed E-state index contributed by atoms with van der Waals surface area (Å²) in [6, 6.07) is 3.47. The number of rotatable bonds is 4. The minimum atomic E-state index is -0.337. The summed E-state index contributed by atoms with van der Waals surface area (Å²) in [6.07, 6.45) is 0.626. The summed E-state index contributed by atoms with van der Waals surface area (Å²) in [7, 11) is 0. The molecule has 0 saturated heterocycles. The summed E-state index contributed by atoms with van der Waals surface area (Å²) in [5.41, 5.74) is 0. The molecule has 78 valence electrons. The topological polar surface area (TPSA) is 49.3 Å². The lowest BCUT2D eigenvalue weighted by Gasteiger charge is -2.10. The highest BCUT2D eigenvalue weighted by atomic mass is 35.5. The molecule has 1 aromatic rings. The van der Waals surface area contributed by atoms with Crippen molar-refractivity contribution in [3.63, 3.8) is 0 Å². The van der Waals surface area contributed by atoms with Gasteiger partial charge in [0, 0.05) is 0 Å². The predicted octanol–water partition coefficient (Wildman–Crippen LogP) is 2.36. The molecule has 1 atom stereocenters. The van der Waals surface area contributed by atoms with E-state index < -0.39 is 0 Å². The Hall–Kier alpha value is -0.580. The lowest BCUT2D eigenvalue weighted by Crippen LogP contribution is -2.24. The Bertz CT molecular complexity index is 310. The summed E-state index contributed by atoms with van der Waals surface area (Å²) >= 11 is 7.02. The Morgan fingerprint density at radius 3 is 2.86 bits per heavy atom. The highest BCUT2D eigenvalue weighted by Gasteiger charge is 2.15. The highest BCUT2D eigenvalue weighted by molar-refractivity contribution is 7.20. The van der Waals surface area contributed by atoms with E-state index in [1.54, 1.807) is 12.1 Å². The second-order valence-corrected chi connectivity index (χ2v) is 4.60. The van der Waals surface area contributed by atoms with Crippen LogP contribution in [0.4, 0.5) is 5.00 Å². The standard InChI is InChI=1S/C9H12ClNO2S/c1-2-6(5-12)9(13)11-8-4-3-7(10)14-8/h3-4,6,12H,2,5H2,1H3,(H,11,13). The Balaban J connectivity index is 2.56. The van der Waals surface area contributed by atoms with Crippen LogP contribution in [0.25, 0.3) is 0 Å². The number of halogens is 1. The average Bonchev–Trinajstić information content (AvgIpc) is 2.53. The van der Waals surface area contributed by atoms with Gasteiger partial charge in [-0.2, -0.15) is 0 Å². The largest absolute Gasteiger partial charge is 0.396 e.